The van der Waals surface area contributed by atoms with E-state index >= 15 is 0 Å². The van der Waals surface area contributed by atoms with Gasteiger partial charge in [0, 0.05) is 13.3 Å². The fourth-order valence-corrected chi connectivity index (χ4v) is 1.06. The van der Waals surface area contributed by atoms with Crippen LogP contribution in [0.15, 0.2) is 24.5 Å². The summed E-state index contributed by atoms with van der Waals surface area (Å²) >= 11 is 0. The van der Waals surface area contributed by atoms with Crippen molar-refractivity contribution in [1.29, 1.82) is 0 Å². The highest BCUT2D eigenvalue weighted by molar-refractivity contribution is 6.05. The summed E-state index contributed by atoms with van der Waals surface area (Å²) in [6.07, 6.45) is 3.42. The number of carbonyl (C=O) groups excluding carboxylic acids is 1. The number of allylic oxidation sites excluding steroid dienone is 1. The highest BCUT2D eigenvalue weighted by Crippen LogP contribution is 2.13. The molecule has 5 nitrogen and oxygen atoms in total. The third-order valence-electron chi connectivity index (χ3n) is 1.89. The molecule has 0 aliphatic heterocycles. The summed E-state index contributed by atoms with van der Waals surface area (Å²) in [6, 6.07) is 3.40. The van der Waals surface area contributed by atoms with Gasteiger partial charge in [0.25, 0.3) is 0 Å². The number of methoxy groups -OCH3 is 1. The molecule has 0 spiro atoms. The average molecular weight is 222 g/mol. The number of hydrogen-bond acceptors (Lipinski definition) is 5. The lowest BCUT2D eigenvalue weighted by molar-refractivity contribution is -0.103. The predicted octanol–water partition coefficient (Wildman–Crippen LogP) is 0.605. The molecule has 1 heterocycles. The van der Waals surface area contributed by atoms with Crippen LogP contribution in [0.2, 0.25) is 0 Å². The minimum Gasteiger partial charge on any atom is -0.490 e. The first kappa shape index (κ1) is 12.2. The van der Waals surface area contributed by atoms with Gasteiger partial charge in [0.05, 0.1) is 24.1 Å². The first-order valence-corrected chi connectivity index (χ1v) is 4.77. The average Bonchev–Trinajstić information content (AvgIpc) is 2.33. The number of nitrogens with two attached hydrogens (primary N) is 1. The molecule has 0 saturated heterocycles. The monoisotopic (exact) mass is 222 g/mol. The zero-order valence-electron chi connectivity index (χ0n) is 9.05. The second kappa shape index (κ2) is 6.58. The molecule has 1 aromatic heterocycles. The molecule has 0 fully saturated rings. The normalized spacial score (nSPS) is 11.2. The maximum absolute atomic E-state index is 10.6. The number of pyridine rings is 1. The molecule has 2 N–H and O–H groups in total. The zero-order chi connectivity index (χ0) is 11.8. The van der Waals surface area contributed by atoms with Gasteiger partial charge in [0.1, 0.15) is 12.4 Å². The van der Waals surface area contributed by atoms with Crippen molar-refractivity contribution < 1.29 is 14.3 Å². The standard InChI is InChI=1S/C11H14N2O3/c1-15-4-5-16-10-2-3-11(13-7-10)9(6-12)8-14/h2-3,6-8H,4-5,12H2,1H3. The van der Waals surface area contributed by atoms with E-state index in [1.165, 1.54) is 12.4 Å². The molecule has 16 heavy (non-hydrogen) atoms. The van der Waals surface area contributed by atoms with Crippen LogP contribution in [0.5, 0.6) is 5.75 Å². The van der Waals surface area contributed by atoms with E-state index in [1.54, 1.807) is 19.2 Å². The topological polar surface area (TPSA) is 74.4 Å². The van der Waals surface area contributed by atoms with Crippen molar-refractivity contribution in [2.24, 2.45) is 5.73 Å². The Morgan fingerprint density at radius 3 is 2.81 bits per heavy atom. The summed E-state index contributed by atoms with van der Waals surface area (Å²) in [5.74, 6) is 0.628. The van der Waals surface area contributed by atoms with Gasteiger partial charge in [-0.2, -0.15) is 0 Å². The third-order valence-corrected chi connectivity index (χ3v) is 1.89. The van der Waals surface area contributed by atoms with E-state index in [9.17, 15) is 4.79 Å². The van der Waals surface area contributed by atoms with Crippen molar-refractivity contribution in [3.05, 3.63) is 30.2 Å². The van der Waals surface area contributed by atoms with Crippen LogP contribution >= 0.6 is 0 Å². The minimum absolute atomic E-state index is 0.350. The first-order valence-electron chi connectivity index (χ1n) is 4.77. The zero-order valence-corrected chi connectivity index (χ0v) is 9.05. The number of ether oxygens (including phenoxy) is 2. The van der Waals surface area contributed by atoms with Crippen LogP contribution in [0.1, 0.15) is 5.69 Å². The molecule has 1 aromatic rings. The lowest BCUT2D eigenvalue weighted by atomic mass is 10.2. The first-order chi connectivity index (χ1) is 7.81. The summed E-state index contributed by atoms with van der Waals surface area (Å²) in [4.78, 5) is 14.7. The van der Waals surface area contributed by atoms with Gasteiger partial charge in [-0.05, 0) is 12.1 Å². The number of rotatable bonds is 6. The van der Waals surface area contributed by atoms with Crippen molar-refractivity contribution >= 4 is 11.9 Å². The van der Waals surface area contributed by atoms with E-state index < -0.39 is 0 Å². The van der Waals surface area contributed by atoms with Crippen LogP contribution in [0.3, 0.4) is 0 Å². The Kier molecular flexibility index (Phi) is 5.01. The van der Waals surface area contributed by atoms with Crippen LogP contribution < -0.4 is 10.5 Å². The molecule has 0 aromatic carbocycles. The molecule has 0 bridgehead atoms. The van der Waals surface area contributed by atoms with E-state index in [-0.39, 0.29) is 0 Å². The van der Waals surface area contributed by atoms with Crippen molar-refractivity contribution in [2.45, 2.75) is 0 Å². The molecule has 0 amide bonds. The van der Waals surface area contributed by atoms with Gasteiger partial charge in [-0.1, -0.05) is 0 Å². The van der Waals surface area contributed by atoms with Crippen LogP contribution in [0.4, 0.5) is 0 Å². The minimum atomic E-state index is 0.350. The Hall–Kier alpha value is -1.88. The molecular formula is C11H14N2O3. The molecular weight excluding hydrogens is 208 g/mol. The number of carbonyl (C=O) groups is 1. The summed E-state index contributed by atoms with van der Waals surface area (Å²) < 4.78 is 10.2. The molecule has 0 saturated carbocycles. The maximum Gasteiger partial charge on any atom is 0.153 e. The highest BCUT2D eigenvalue weighted by atomic mass is 16.5. The number of aldehydes is 1. The highest BCUT2D eigenvalue weighted by Gasteiger charge is 2.01. The van der Waals surface area contributed by atoms with Gasteiger partial charge in [0.2, 0.25) is 0 Å². The fourth-order valence-electron chi connectivity index (χ4n) is 1.06. The molecule has 86 valence electrons. The van der Waals surface area contributed by atoms with E-state index in [2.05, 4.69) is 4.98 Å². The van der Waals surface area contributed by atoms with Gasteiger partial charge in [0.15, 0.2) is 6.29 Å². The second-order valence-corrected chi connectivity index (χ2v) is 2.96. The lowest BCUT2D eigenvalue weighted by Crippen LogP contribution is -2.04. The van der Waals surface area contributed by atoms with Crippen molar-refractivity contribution in [3.63, 3.8) is 0 Å². The van der Waals surface area contributed by atoms with Gasteiger partial charge in [-0.15, -0.1) is 0 Å². The summed E-state index contributed by atoms with van der Waals surface area (Å²) in [5.41, 5.74) is 6.15. The quantitative estimate of drug-likeness (QED) is 0.433. The Morgan fingerprint density at radius 1 is 1.50 bits per heavy atom. The van der Waals surface area contributed by atoms with E-state index in [0.717, 1.165) is 0 Å². The molecule has 0 radical (unpaired) electrons. The van der Waals surface area contributed by atoms with E-state index in [4.69, 9.17) is 15.2 Å². The van der Waals surface area contributed by atoms with Crippen LogP contribution in [-0.2, 0) is 9.53 Å². The van der Waals surface area contributed by atoms with Crippen molar-refractivity contribution in [2.75, 3.05) is 20.3 Å². The van der Waals surface area contributed by atoms with E-state index in [1.807, 2.05) is 0 Å². The fraction of sp³-hybridized carbons (Fsp3) is 0.273. The molecule has 1 rings (SSSR count). The van der Waals surface area contributed by atoms with Gasteiger partial charge >= 0.3 is 0 Å². The predicted molar refractivity (Wildman–Crippen MR) is 59.8 cm³/mol. The SMILES string of the molecule is COCCOc1ccc(C(C=O)=CN)nc1. The van der Waals surface area contributed by atoms with Crippen molar-refractivity contribution in [3.8, 4) is 5.75 Å². The number of aromatic nitrogens is 1. The summed E-state index contributed by atoms with van der Waals surface area (Å²) in [7, 11) is 1.60. The van der Waals surface area contributed by atoms with E-state index in [0.29, 0.717) is 36.5 Å². The van der Waals surface area contributed by atoms with Gasteiger partial charge < -0.3 is 15.2 Å². The second-order valence-electron chi connectivity index (χ2n) is 2.96. The van der Waals surface area contributed by atoms with Crippen molar-refractivity contribution in [1.82, 2.24) is 4.98 Å². The van der Waals surface area contributed by atoms with Crippen LogP contribution in [0, 0.1) is 0 Å². The Labute approximate surface area is 93.9 Å². The summed E-state index contributed by atoms with van der Waals surface area (Å²) in [6.45, 7) is 0.981. The van der Waals surface area contributed by atoms with Gasteiger partial charge in [-0.25, -0.2) is 0 Å². The third kappa shape index (κ3) is 3.36. The van der Waals surface area contributed by atoms with Crippen LogP contribution in [-0.4, -0.2) is 31.6 Å². The molecule has 0 unspecified atom stereocenters. The molecule has 5 heteroatoms. The molecule has 0 atom stereocenters. The largest absolute Gasteiger partial charge is 0.490 e. The smallest absolute Gasteiger partial charge is 0.153 e. The molecule has 0 aliphatic rings. The summed E-state index contributed by atoms with van der Waals surface area (Å²) in [5, 5.41) is 0. The molecule has 0 aliphatic carbocycles. The Bertz CT molecular complexity index is 360. The number of hydrogen-bond donors (Lipinski definition) is 1. The Balaban J connectivity index is 2.64. The van der Waals surface area contributed by atoms with Gasteiger partial charge in [-0.3, -0.25) is 9.78 Å². The number of nitrogens with zero attached hydrogens (tertiary/aromatic N) is 1. The lowest BCUT2D eigenvalue weighted by Gasteiger charge is -2.05. The maximum atomic E-state index is 10.6. The van der Waals surface area contributed by atoms with Crippen LogP contribution in [0.25, 0.3) is 5.57 Å². The Morgan fingerprint density at radius 2 is 2.31 bits per heavy atom.